The zero-order chi connectivity index (χ0) is 21.8. The number of imidazole rings is 1. The Labute approximate surface area is 181 Å². The summed E-state index contributed by atoms with van der Waals surface area (Å²) in [5.74, 6) is 1.23. The summed E-state index contributed by atoms with van der Waals surface area (Å²) >= 11 is 0. The molecule has 3 aromatic rings. The molecule has 164 valence electrons. The van der Waals surface area contributed by atoms with E-state index in [9.17, 15) is 9.59 Å². The lowest BCUT2D eigenvalue weighted by molar-refractivity contribution is 0.190. The van der Waals surface area contributed by atoms with Crippen molar-refractivity contribution in [1.82, 2.24) is 18.7 Å². The molecule has 0 saturated heterocycles. The SMILES string of the molecule is C=CCn1c(=O)c2c(nc(C3CCCC3)n2Cc2ccccc2)n(CCCOC)c1=O. The Morgan fingerprint density at radius 3 is 2.55 bits per heavy atom. The summed E-state index contributed by atoms with van der Waals surface area (Å²) in [5.41, 5.74) is 1.47. The van der Waals surface area contributed by atoms with E-state index in [-0.39, 0.29) is 17.8 Å². The first-order chi connectivity index (χ1) is 15.2. The first kappa shape index (κ1) is 21.3. The number of benzene rings is 1. The molecule has 1 saturated carbocycles. The second-order valence-electron chi connectivity index (χ2n) is 8.18. The van der Waals surface area contributed by atoms with Crippen LogP contribution in [0.15, 0.2) is 52.6 Å². The first-order valence-corrected chi connectivity index (χ1v) is 11.0. The molecule has 7 heteroatoms. The second kappa shape index (κ2) is 9.47. The predicted octanol–water partition coefficient (Wildman–Crippen LogP) is 3.29. The van der Waals surface area contributed by atoms with E-state index in [0.29, 0.717) is 43.2 Å². The number of nitrogens with zero attached hydrogens (tertiary/aromatic N) is 4. The molecule has 0 radical (unpaired) electrons. The molecule has 0 atom stereocenters. The maximum atomic E-state index is 13.5. The summed E-state index contributed by atoms with van der Waals surface area (Å²) in [6.45, 7) is 5.45. The Bertz CT molecular complexity index is 1170. The lowest BCUT2D eigenvalue weighted by Crippen LogP contribution is -2.40. The molecule has 4 rings (SSSR count). The quantitative estimate of drug-likeness (QED) is 0.392. The highest BCUT2D eigenvalue weighted by molar-refractivity contribution is 5.71. The Kier molecular flexibility index (Phi) is 6.51. The smallest absolute Gasteiger partial charge is 0.333 e. The number of rotatable bonds is 9. The Balaban J connectivity index is 1.97. The fraction of sp³-hybridized carbons (Fsp3) is 0.458. The van der Waals surface area contributed by atoms with Crippen LogP contribution in [0.4, 0.5) is 0 Å². The summed E-state index contributed by atoms with van der Waals surface area (Å²) in [5, 5.41) is 0. The summed E-state index contributed by atoms with van der Waals surface area (Å²) in [7, 11) is 1.64. The number of fused-ring (bicyclic) bond motifs is 1. The Morgan fingerprint density at radius 2 is 1.87 bits per heavy atom. The lowest BCUT2D eigenvalue weighted by Gasteiger charge is -2.14. The third-order valence-corrected chi connectivity index (χ3v) is 6.09. The number of hydrogen-bond acceptors (Lipinski definition) is 4. The van der Waals surface area contributed by atoms with Gasteiger partial charge in [0.2, 0.25) is 0 Å². The van der Waals surface area contributed by atoms with Crippen LogP contribution in [0, 0.1) is 0 Å². The van der Waals surface area contributed by atoms with Gasteiger partial charge in [-0.2, -0.15) is 0 Å². The average Bonchev–Trinajstić information content (AvgIpc) is 3.43. The summed E-state index contributed by atoms with van der Waals surface area (Å²) in [6, 6.07) is 10.1. The van der Waals surface area contributed by atoms with Crippen molar-refractivity contribution in [2.75, 3.05) is 13.7 Å². The molecule has 1 aromatic carbocycles. The first-order valence-electron chi connectivity index (χ1n) is 11.0. The molecule has 0 N–H and O–H groups in total. The minimum absolute atomic E-state index is 0.174. The minimum atomic E-state index is -0.337. The van der Waals surface area contributed by atoms with Crippen molar-refractivity contribution in [3.63, 3.8) is 0 Å². The van der Waals surface area contributed by atoms with E-state index in [2.05, 4.69) is 23.3 Å². The van der Waals surface area contributed by atoms with Crippen molar-refractivity contribution in [3.05, 3.63) is 75.2 Å². The minimum Gasteiger partial charge on any atom is -0.385 e. The molecule has 2 aromatic heterocycles. The number of aromatic nitrogens is 4. The fourth-order valence-corrected chi connectivity index (χ4v) is 4.59. The number of methoxy groups -OCH3 is 1. The summed E-state index contributed by atoms with van der Waals surface area (Å²) < 4.78 is 10.1. The van der Waals surface area contributed by atoms with Crippen LogP contribution >= 0.6 is 0 Å². The van der Waals surface area contributed by atoms with Gasteiger partial charge in [-0.25, -0.2) is 9.78 Å². The summed E-state index contributed by atoms with van der Waals surface area (Å²) in [4.78, 5) is 31.6. The van der Waals surface area contributed by atoms with Gasteiger partial charge in [0.1, 0.15) is 5.82 Å². The van der Waals surface area contributed by atoms with Crippen LogP contribution in [0.1, 0.15) is 49.4 Å². The third kappa shape index (κ3) is 4.14. The van der Waals surface area contributed by atoms with Gasteiger partial charge in [-0.1, -0.05) is 49.2 Å². The molecule has 0 amide bonds. The molecule has 2 heterocycles. The zero-order valence-electron chi connectivity index (χ0n) is 18.1. The molecule has 0 spiro atoms. The van der Waals surface area contributed by atoms with Crippen molar-refractivity contribution in [3.8, 4) is 0 Å². The molecule has 1 aliphatic rings. The highest BCUT2D eigenvalue weighted by Crippen LogP contribution is 2.35. The molecule has 0 bridgehead atoms. The molecule has 7 nitrogen and oxygen atoms in total. The number of allylic oxidation sites excluding steroid dienone is 1. The van der Waals surface area contributed by atoms with Gasteiger partial charge >= 0.3 is 5.69 Å². The Hall–Kier alpha value is -2.93. The fourth-order valence-electron chi connectivity index (χ4n) is 4.59. The van der Waals surface area contributed by atoms with Crippen molar-refractivity contribution >= 4 is 11.2 Å². The van der Waals surface area contributed by atoms with Crippen LogP contribution in [0.25, 0.3) is 11.2 Å². The van der Waals surface area contributed by atoms with Crippen LogP contribution in [0.3, 0.4) is 0 Å². The molecular weight excluding hydrogens is 392 g/mol. The van der Waals surface area contributed by atoms with Gasteiger partial charge in [-0.3, -0.25) is 13.9 Å². The second-order valence-corrected chi connectivity index (χ2v) is 8.18. The summed E-state index contributed by atoms with van der Waals surface area (Å²) in [6.07, 6.45) is 6.72. The van der Waals surface area contributed by atoms with E-state index < -0.39 is 0 Å². The molecular formula is C24H30N4O3. The van der Waals surface area contributed by atoms with Gasteiger partial charge in [-0.05, 0) is 24.8 Å². The number of hydrogen-bond donors (Lipinski definition) is 0. The molecule has 31 heavy (non-hydrogen) atoms. The molecule has 1 aliphatic carbocycles. The van der Waals surface area contributed by atoms with E-state index in [1.165, 1.54) is 17.4 Å². The van der Waals surface area contributed by atoms with Gasteiger partial charge in [0.25, 0.3) is 5.56 Å². The van der Waals surface area contributed by atoms with Gasteiger partial charge < -0.3 is 9.30 Å². The Morgan fingerprint density at radius 1 is 1.13 bits per heavy atom. The lowest BCUT2D eigenvalue weighted by atomic mass is 10.1. The molecule has 1 fully saturated rings. The highest BCUT2D eigenvalue weighted by Gasteiger charge is 2.27. The highest BCUT2D eigenvalue weighted by atomic mass is 16.5. The zero-order valence-corrected chi connectivity index (χ0v) is 18.1. The van der Waals surface area contributed by atoms with Crippen molar-refractivity contribution in [2.24, 2.45) is 0 Å². The standard InChI is InChI=1S/C24H30N4O3/c1-3-14-27-23(29)20-22(26(24(27)30)15-9-16-31-2)25-21(19-12-7-8-13-19)28(20)17-18-10-5-4-6-11-18/h3-6,10-11,19H,1,7-9,12-17H2,2H3. The van der Waals surface area contributed by atoms with E-state index in [1.807, 2.05) is 18.2 Å². The van der Waals surface area contributed by atoms with Crippen LogP contribution in [0.5, 0.6) is 0 Å². The molecule has 0 aliphatic heterocycles. The van der Waals surface area contributed by atoms with Crippen LogP contribution in [0.2, 0.25) is 0 Å². The maximum absolute atomic E-state index is 13.5. The van der Waals surface area contributed by atoms with Crippen molar-refractivity contribution < 1.29 is 4.74 Å². The van der Waals surface area contributed by atoms with E-state index in [1.54, 1.807) is 17.8 Å². The third-order valence-electron chi connectivity index (χ3n) is 6.09. The van der Waals surface area contributed by atoms with Crippen LogP contribution in [-0.4, -0.2) is 32.4 Å². The van der Waals surface area contributed by atoms with Crippen molar-refractivity contribution in [2.45, 2.75) is 57.7 Å². The van der Waals surface area contributed by atoms with Crippen LogP contribution < -0.4 is 11.2 Å². The maximum Gasteiger partial charge on any atom is 0.333 e. The van der Waals surface area contributed by atoms with E-state index in [4.69, 9.17) is 9.72 Å². The van der Waals surface area contributed by atoms with Gasteiger partial charge in [0.15, 0.2) is 11.2 Å². The largest absolute Gasteiger partial charge is 0.385 e. The van der Waals surface area contributed by atoms with E-state index >= 15 is 0 Å². The number of aryl methyl sites for hydroxylation is 1. The monoisotopic (exact) mass is 422 g/mol. The average molecular weight is 423 g/mol. The molecule has 0 unspecified atom stereocenters. The van der Waals surface area contributed by atoms with Crippen molar-refractivity contribution in [1.29, 1.82) is 0 Å². The van der Waals surface area contributed by atoms with Gasteiger partial charge in [0, 0.05) is 39.3 Å². The normalized spacial score (nSPS) is 14.5. The van der Waals surface area contributed by atoms with Gasteiger partial charge in [-0.15, -0.1) is 6.58 Å². The van der Waals surface area contributed by atoms with Gasteiger partial charge in [0.05, 0.1) is 0 Å². The van der Waals surface area contributed by atoms with Crippen LogP contribution in [-0.2, 0) is 24.4 Å². The van der Waals surface area contributed by atoms with E-state index in [0.717, 1.165) is 24.2 Å². The topological polar surface area (TPSA) is 71.1 Å². The predicted molar refractivity (Wildman–Crippen MR) is 122 cm³/mol. The number of ether oxygens (including phenoxy) is 1.